The zero-order valence-electron chi connectivity index (χ0n) is 21.2. The summed E-state index contributed by atoms with van der Waals surface area (Å²) in [5, 5.41) is 0.754. The molecule has 0 spiro atoms. The first-order chi connectivity index (χ1) is 17.0. The van der Waals surface area contributed by atoms with Crippen LogP contribution >= 0.6 is 11.6 Å². The minimum Gasteiger partial charge on any atom is -0.446 e. The van der Waals surface area contributed by atoms with Crippen molar-refractivity contribution in [2.75, 3.05) is 13.1 Å². The molecule has 2 aliphatic rings. The van der Waals surface area contributed by atoms with E-state index in [0.717, 1.165) is 62.3 Å². The molecule has 1 saturated carbocycles. The fourth-order valence-electron chi connectivity index (χ4n) is 5.72. The second-order valence-corrected chi connectivity index (χ2v) is 10.7. The molecular formula is C30H39ClN2O2. The number of pyridine rings is 1. The van der Waals surface area contributed by atoms with Crippen LogP contribution < -0.4 is 0 Å². The molecule has 1 unspecified atom stereocenters. The summed E-state index contributed by atoms with van der Waals surface area (Å²) in [6, 6.07) is 12.4. The average molecular weight is 495 g/mol. The summed E-state index contributed by atoms with van der Waals surface area (Å²) >= 11 is 6.44. The van der Waals surface area contributed by atoms with Crippen molar-refractivity contribution in [1.82, 2.24) is 9.88 Å². The number of ether oxygens (including phenoxy) is 1. The summed E-state index contributed by atoms with van der Waals surface area (Å²) in [7, 11) is 0. The lowest BCUT2D eigenvalue weighted by Crippen LogP contribution is -2.41. The molecule has 0 bridgehead atoms. The Kier molecular flexibility index (Phi) is 9.25. The highest BCUT2D eigenvalue weighted by Crippen LogP contribution is 2.40. The molecule has 2 aromatic rings. The highest BCUT2D eigenvalue weighted by atomic mass is 35.5. The highest BCUT2D eigenvalue weighted by molar-refractivity contribution is 6.30. The van der Waals surface area contributed by atoms with Crippen molar-refractivity contribution in [3.63, 3.8) is 0 Å². The number of likely N-dealkylation sites (tertiary alicyclic amines) is 1. The van der Waals surface area contributed by atoms with Crippen LogP contribution in [0.25, 0.3) is 6.08 Å². The normalized spacial score (nSPS) is 18.9. The monoisotopic (exact) mass is 494 g/mol. The minimum atomic E-state index is -0.130. The molecule has 188 valence electrons. The maximum atomic E-state index is 12.8. The van der Waals surface area contributed by atoms with E-state index in [0.29, 0.717) is 5.92 Å². The molecule has 1 aromatic heterocycles. The van der Waals surface area contributed by atoms with Gasteiger partial charge in [-0.15, -0.1) is 0 Å². The zero-order chi connectivity index (χ0) is 24.6. The lowest BCUT2D eigenvalue weighted by atomic mass is 9.76. The number of rotatable bonds is 7. The summed E-state index contributed by atoms with van der Waals surface area (Å²) in [5.41, 5.74) is 4.89. The van der Waals surface area contributed by atoms with Crippen LogP contribution in [0.3, 0.4) is 0 Å². The van der Waals surface area contributed by atoms with Crippen LogP contribution in [-0.4, -0.2) is 35.2 Å². The topological polar surface area (TPSA) is 42.4 Å². The van der Waals surface area contributed by atoms with Crippen LogP contribution in [0.1, 0.15) is 94.4 Å². The maximum Gasteiger partial charge on any atom is 0.410 e. The number of allylic oxidation sites excluding steroid dienone is 1. The third-order valence-electron chi connectivity index (χ3n) is 7.53. The second-order valence-electron chi connectivity index (χ2n) is 10.2. The molecule has 0 radical (unpaired) electrons. The predicted molar refractivity (Wildman–Crippen MR) is 144 cm³/mol. The molecule has 5 heteroatoms. The van der Waals surface area contributed by atoms with Gasteiger partial charge < -0.3 is 9.64 Å². The van der Waals surface area contributed by atoms with Crippen LogP contribution in [0.15, 0.2) is 48.2 Å². The van der Waals surface area contributed by atoms with Crippen LogP contribution in [0.2, 0.25) is 5.02 Å². The van der Waals surface area contributed by atoms with E-state index in [4.69, 9.17) is 21.3 Å². The Bertz CT molecular complexity index is 993. The number of carbonyl (C=O) groups is 1. The molecule has 1 aliphatic carbocycles. The lowest BCUT2D eigenvalue weighted by Gasteiger charge is -2.37. The number of benzene rings is 1. The van der Waals surface area contributed by atoms with Crippen LogP contribution in [0, 0.1) is 5.92 Å². The summed E-state index contributed by atoms with van der Waals surface area (Å²) < 4.78 is 5.85. The van der Waals surface area contributed by atoms with Gasteiger partial charge in [-0.1, -0.05) is 55.1 Å². The smallest absolute Gasteiger partial charge is 0.410 e. The Morgan fingerprint density at radius 3 is 2.60 bits per heavy atom. The van der Waals surface area contributed by atoms with E-state index < -0.39 is 0 Å². The van der Waals surface area contributed by atoms with Gasteiger partial charge >= 0.3 is 6.09 Å². The molecule has 0 N–H and O–H groups in total. The molecule has 35 heavy (non-hydrogen) atoms. The molecule has 4 nitrogen and oxygen atoms in total. The number of hydrogen-bond acceptors (Lipinski definition) is 3. The van der Waals surface area contributed by atoms with Gasteiger partial charge in [-0.05, 0) is 93.2 Å². The van der Waals surface area contributed by atoms with E-state index in [1.54, 1.807) is 0 Å². The molecule has 4 rings (SSSR count). The molecule has 1 amide bonds. The third-order valence-corrected chi connectivity index (χ3v) is 7.76. The first-order valence-electron chi connectivity index (χ1n) is 13.4. The molecule has 2 heterocycles. The van der Waals surface area contributed by atoms with Crippen LogP contribution in [0.4, 0.5) is 4.79 Å². The molecular weight excluding hydrogens is 456 g/mol. The molecule has 1 atom stereocenters. The third kappa shape index (κ3) is 6.88. The Labute approximate surface area is 215 Å². The molecule has 1 aromatic carbocycles. The average Bonchev–Trinajstić information content (AvgIpc) is 2.87. The van der Waals surface area contributed by atoms with Crippen molar-refractivity contribution >= 4 is 23.8 Å². The number of hydrogen-bond donors (Lipinski definition) is 0. The SMILES string of the molecule is CCC/C(C)=C/c1cc(Cl)ccc1C(c1ccccn1)C1CCN(C(=O)OC2CCCCC2)CC1. The zero-order valence-corrected chi connectivity index (χ0v) is 22.0. The van der Waals surface area contributed by atoms with Crippen molar-refractivity contribution in [2.24, 2.45) is 5.92 Å². The van der Waals surface area contributed by atoms with Crippen LogP contribution in [0.5, 0.6) is 0 Å². The van der Waals surface area contributed by atoms with Gasteiger partial charge in [-0.25, -0.2) is 4.79 Å². The van der Waals surface area contributed by atoms with Gasteiger partial charge in [0, 0.05) is 35.9 Å². The van der Waals surface area contributed by atoms with E-state index in [2.05, 4.69) is 44.2 Å². The number of piperidine rings is 1. The number of amides is 1. The fraction of sp³-hybridized carbons (Fsp3) is 0.533. The van der Waals surface area contributed by atoms with Crippen molar-refractivity contribution in [3.05, 3.63) is 70.0 Å². The summed E-state index contributed by atoms with van der Waals surface area (Å²) in [6.45, 7) is 5.86. The van der Waals surface area contributed by atoms with Gasteiger partial charge in [-0.3, -0.25) is 4.98 Å². The standard InChI is InChI=1S/C30H39ClN2O2/c1-3-9-22(2)20-24-21-25(31)13-14-27(24)29(28-12-7-8-17-32-28)23-15-18-33(19-16-23)30(34)35-26-10-5-4-6-11-26/h7-8,12-14,17,20-21,23,26,29H,3-6,9-11,15-16,18-19H2,1-2H3/b22-20+. The molecule has 1 saturated heterocycles. The fourth-order valence-corrected chi connectivity index (χ4v) is 5.90. The first-order valence-corrected chi connectivity index (χ1v) is 13.8. The van der Waals surface area contributed by atoms with Gasteiger partial charge in [0.05, 0.1) is 0 Å². The van der Waals surface area contributed by atoms with Gasteiger partial charge in [0.2, 0.25) is 0 Å². The van der Waals surface area contributed by atoms with E-state index in [-0.39, 0.29) is 18.1 Å². The number of carbonyl (C=O) groups excluding carboxylic acids is 1. The van der Waals surface area contributed by atoms with Crippen LogP contribution in [-0.2, 0) is 4.74 Å². The van der Waals surface area contributed by atoms with E-state index in [9.17, 15) is 4.79 Å². The first kappa shape index (κ1) is 25.8. The predicted octanol–water partition coefficient (Wildman–Crippen LogP) is 8.25. The quantitative estimate of drug-likeness (QED) is 0.389. The van der Waals surface area contributed by atoms with Gasteiger partial charge in [-0.2, -0.15) is 0 Å². The summed E-state index contributed by atoms with van der Waals surface area (Å²) in [5.74, 6) is 0.550. The summed E-state index contributed by atoms with van der Waals surface area (Å²) in [4.78, 5) is 19.5. The van der Waals surface area contributed by atoms with Gasteiger partial charge in [0.15, 0.2) is 0 Å². The molecule has 1 aliphatic heterocycles. The van der Waals surface area contributed by atoms with Gasteiger partial charge in [0.1, 0.15) is 6.10 Å². The van der Waals surface area contributed by atoms with Crippen molar-refractivity contribution in [3.8, 4) is 0 Å². The minimum absolute atomic E-state index is 0.102. The van der Waals surface area contributed by atoms with Crippen molar-refractivity contribution < 1.29 is 9.53 Å². The van der Waals surface area contributed by atoms with Gasteiger partial charge in [0.25, 0.3) is 0 Å². The Balaban J connectivity index is 1.54. The maximum absolute atomic E-state index is 12.8. The van der Waals surface area contributed by atoms with E-state index in [1.165, 1.54) is 36.0 Å². The Morgan fingerprint density at radius 1 is 1.14 bits per heavy atom. The summed E-state index contributed by atoms with van der Waals surface area (Å²) in [6.07, 6.45) is 13.8. The number of nitrogens with zero attached hydrogens (tertiary/aromatic N) is 2. The van der Waals surface area contributed by atoms with Crippen molar-refractivity contribution in [1.29, 1.82) is 0 Å². The second kappa shape index (κ2) is 12.6. The highest BCUT2D eigenvalue weighted by Gasteiger charge is 2.33. The largest absolute Gasteiger partial charge is 0.446 e. The number of aromatic nitrogens is 1. The molecule has 2 fully saturated rings. The Hall–Kier alpha value is -2.33. The van der Waals surface area contributed by atoms with Crippen molar-refractivity contribution in [2.45, 2.75) is 83.7 Å². The lowest BCUT2D eigenvalue weighted by molar-refractivity contribution is 0.0372. The number of halogens is 1. The van der Waals surface area contributed by atoms with E-state index >= 15 is 0 Å². The van der Waals surface area contributed by atoms with E-state index in [1.807, 2.05) is 23.2 Å². The Morgan fingerprint density at radius 2 is 1.91 bits per heavy atom.